The monoisotopic (exact) mass is 438 g/mol. The third-order valence-corrected chi connectivity index (χ3v) is 5.74. The summed E-state index contributed by atoms with van der Waals surface area (Å²) in [5, 5.41) is 13.2. The van der Waals surface area contributed by atoms with E-state index in [1.54, 1.807) is 0 Å². The number of hydrogen-bond acceptors (Lipinski definition) is 2. The van der Waals surface area contributed by atoms with Crippen LogP contribution in [0.3, 0.4) is 0 Å². The maximum absolute atomic E-state index is 12.2. The molecule has 1 aromatic heterocycles. The summed E-state index contributed by atoms with van der Waals surface area (Å²) in [6.45, 7) is 2.24. The van der Waals surface area contributed by atoms with Crippen LogP contribution in [-0.2, 0) is 16.0 Å². The molecule has 0 aliphatic heterocycles. The first-order valence-electron chi connectivity index (χ1n) is 11.7. The van der Waals surface area contributed by atoms with Gasteiger partial charge in [0.15, 0.2) is 0 Å². The molecule has 0 aliphatic rings. The normalized spacial score (nSPS) is 11.8. The van der Waals surface area contributed by atoms with E-state index < -0.39 is 12.0 Å². The molecule has 3 N–H and O–H groups in total. The summed E-state index contributed by atoms with van der Waals surface area (Å²) >= 11 is 0. The van der Waals surface area contributed by atoms with Crippen LogP contribution < -0.4 is 5.32 Å². The topological polar surface area (TPSA) is 82.2 Å². The Hall–Kier alpha value is -1.30. The van der Waals surface area contributed by atoms with Crippen molar-refractivity contribution < 1.29 is 14.7 Å². The number of carbonyl (C=O) groups is 2. The Bertz CT molecular complexity index is 775. The third kappa shape index (κ3) is 10.7. The predicted octanol–water partition coefficient (Wildman–Crippen LogP) is 5.33. The van der Waals surface area contributed by atoms with Crippen molar-refractivity contribution in [2.45, 2.75) is 96.4 Å². The van der Waals surface area contributed by atoms with Crippen LogP contribution in [0.4, 0.5) is 0 Å². The van der Waals surface area contributed by atoms with Crippen molar-refractivity contribution in [1.29, 1.82) is 0 Å². The van der Waals surface area contributed by atoms with Gasteiger partial charge in [-0.05, 0) is 18.1 Å². The Labute approximate surface area is 209 Å². The van der Waals surface area contributed by atoms with Crippen molar-refractivity contribution >= 4 is 52.3 Å². The summed E-state index contributed by atoms with van der Waals surface area (Å²) in [7, 11) is 0. The first-order valence-corrected chi connectivity index (χ1v) is 11.7. The Morgan fingerprint density at radius 2 is 1.52 bits per heavy atom. The van der Waals surface area contributed by atoms with Crippen LogP contribution >= 0.6 is 0 Å². The molecule has 1 heterocycles. The number of unbranched alkanes of at least 4 members (excludes halogenated alkanes) is 10. The Morgan fingerprint density at radius 3 is 2.13 bits per heavy atom. The molecule has 2 rings (SSSR count). The minimum atomic E-state index is -0.993. The SMILES string of the molecule is CCCCCCCCCCCCCC(=O)N[C@@H](Cc1c[nH]c2ccccc12)C(=O)O.[NaH]. The van der Waals surface area contributed by atoms with Crippen molar-refractivity contribution in [2.24, 2.45) is 0 Å². The molecule has 0 radical (unpaired) electrons. The van der Waals surface area contributed by atoms with Crippen molar-refractivity contribution in [3.8, 4) is 0 Å². The molecule has 168 valence electrons. The van der Waals surface area contributed by atoms with Crippen LogP contribution in [0.25, 0.3) is 10.9 Å². The van der Waals surface area contributed by atoms with Gasteiger partial charge in [-0.25, -0.2) is 4.79 Å². The van der Waals surface area contributed by atoms with Crippen LogP contribution in [0.5, 0.6) is 0 Å². The molecule has 1 aromatic carbocycles. The molecule has 0 saturated carbocycles. The average Bonchev–Trinajstić information content (AvgIpc) is 3.14. The number of aliphatic carboxylic acids is 1. The van der Waals surface area contributed by atoms with Crippen LogP contribution in [0.15, 0.2) is 30.5 Å². The van der Waals surface area contributed by atoms with Gasteiger partial charge in [0.05, 0.1) is 0 Å². The van der Waals surface area contributed by atoms with Crippen molar-refractivity contribution in [2.75, 3.05) is 0 Å². The predicted molar refractivity (Wildman–Crippen MR) is 130 cm³/mol. The van der Waals surface area contributed by atoms with Gasteiger partial charge in [0.25, 0.3) is 0 Å². The second kappa shape index (κ2) is 16.3. The fraction of sp³-hybridized carbons (Fsp3) is 0.600. The quantitative estimate of drug-likeness (QED) is 0.245. The van der Waals surface area contributed by atoms with Gasteiger partial charge < -0.3 is 15.4 Å². The molecule has 1 amide bonds. The molecule has 2 aromatic rings. The van der Waals surface area contributed by atoms with Crippen LogP contribution in [0.2, 0.25) is 0 Å². The molecule has 0 saturated heterocycles. The first-order chi connectivity index (χ1) is 14.6. The molecule has 6 heteroatoms. The van der Waals surface area contributed by atoms with E-state index in [2.05, 4.69) is 17.2 Å². The third-order valence-electron chi connectivity index (χ3n) is 5.74. The molecule has 1 atom stereocenters. The number of benzene rings is 1. The Morgan fingerprint density at radius 1 is 0.935 bits per heavy atom. The maximum atomic E-state index is 12.2. The van der Waals surface area contributed by atoms with Crippen molar-refractivity contribution in [3.05, 3.63) is 36.0 Å². The Balaban J connectivity index is 0.00000480. The average molecular weight is 439 g/mol. The summed E-state index contributed by atoms with van der Waals surface area (Å²) in [6.07, 6.45) is 16.1. The summed E-state index contributed by atoms with van der Waals surface area (Å²) in [6, 6.07) is 6.89. The van der Waals surface area contributed by atoms with E-state index in [-0.39, 0.29) is 41.9 Å². The van der Waals surface area contributed by atoms with Gasteiger partial charge in [0.2, 0.25) is 5.91 Å². The van der Waals surface area contributed by atoms with E-state index in [1.807, 2.05) is 30.5 Å². The van der Waals surface area contributed by atoms with Gasteiger partial charge in [-0.2, -0.15) is 0 Å². The van der Waals surface area contributed by atoms with E-state index in [0.29, 0.717) is 6.42 Å². The van der Waals surface area contributed by atoms with Gasteiger partial charge in [-0.1, -0.05) is 89.3 Å². The van der Waals surface area contributed by atoms with Gasteiger partial charge in [0.1, 0.15) is 6.04 Å². The van der Waals surface area contributed by atoms with E-state index in [9.17, 15) is 14.7 Å². The van der Waals surface area contributed by atoms with E-state index in [1.165, 1.54) is 51.4 Å². The summed E-state index contributed by atoms with van der Waals surface area (Å²) in [5.41, 5.74) is 1.89. The van der Waals surface area contributed by atoms with Gasteiger partial charge in [0, 0.05) is 29.9 Å². The summed E-state index contributed by atoms with van der Waals surface area (Å²) in [5.74, 6) is -1.16. The van der Waals surface area contributed by atoms with Crippen LogP contribution in [0.1, 0.15) is 89.5 Å². The molecular weight excluding hydrogens is 399 g/mol. The van der Waals surface area contributed by atoms with E-state index in [4.69, 9.17) is 0 Å². The number of aromatic nitrogens is 1. The molecule has 0 fully saturated rings. The second-order valence-electron chi connectivity index (χ2n) is 8.31. The molecule has 0 aliphatic carbocycles. The standard InChI is InChI=1S/C25H38N2O3.Na.H/c1-2-3-4-5-6-7-8-9-10-11-12-17-24(28)27-23(25(29)30)18-20-19-26-22-16-14-13-15-21(20)22;;/h13-16,19,23,26H,2-12,17-18H2,1H3,(H,27,28)(H,29,30);;/t23-;;/m0../s1. The number of carbonyl (C=O) groups excluding carboxylic acids is 1. The summed E-state index contributed by atoms with van der Waals surface area (Å²) < 4.78 is 0. The number of nitrogens with one attached hydrogen (secondary N) is 2. The molecule has 5 nitrogen and oxygen atoms in total. The number of amides is 1. The zero-order valence-electron chi connectivity index (χ0n) is 18.4. The van der Waals surface area contributed by atoms with Gasteiger partial charge >= 0.3 is 35.5 Å². The number of fused-ring (bicyclic) bond motifs is 1. The second-order valence-corrected chi connectivity index (χ2v) is 8.31. The number of carboxylic acid groups (broad SMARTS) is 1. The Kier molecular flexibility index (Phi) is 14.6. The van der Waals surface area contributed by atoms with Gasteiger partial charge in [-0.15, -0.1) is 0 Å². The number of carboxylic acids is 1. The number of para-hydroxylation sites is 1. The molecule has 0 bridgehead atoms. The van der Waals surface area contributed by atoms with E-state index in [0.717, 1.165) is 35.7 Å². The van der Waals surface area contributed by atoms with Crippen LogP contribution in [-0.4, -0.2) is 57.6 Å². The number of rotatable bonds is 16. The number of hydrogen-bond donors (Lipinski definition) is 3. The number of H-pyrrole nitrogens is 1. The van der Waals surface area contributed by atoms with Gasteiger partial charge in [-0.3, -0.25) is 4.79 Å². The molecule has 0 spiro atoms. The van der Waals surface area contributed by atoms with Crippen molar-refractivity contribution in [3.63, 3.8) is 0 Å². The fourth-order valence-corrected chi connectivity index (χ4v) is 3.94. The van der Waals surface area contributed by atoms with Crippen molar-refractivity contribution in [1.82, 2.24) is 10.3 Å². The zero-order chi connectivity index (χ0) is 21.6. The fourth-order valence-electron chi connectivity index (χ4n) is 3.94. The van der Waals surface area contributed by atoms with E-state index >= 15 is 0 Å². The number of aromatic amines is 1. The first kappa shape index (κ1) is 27.7. The van der Waals surface area contributed by atoms with Crippen LogP contribution in [0, 0.1) is 0 Å². The summed E-state index contributed by atoms with van der Waals surface area (Å²) in [4.78, 5) is 27.0. The zero-order valence-corrected chi connectivity index (χ0v) is 18.4. The minimum absolute atomic E-state index is 0. The molecule has 0 unspecified atom stereocenters. The molecule has 31 heavy (non-hydrogen) atoms. The molecular formula is C25H39N2NaO3.